The Labute approximate surface area is 72.6 Å². The van der Waals surface area contributed by atoms with Gasteiger partial charge in [0, 0.05) is 19.6 Å². The fourth-order valence-corrected chi connectivity index (χ4v) is 2.46. The Morgan fingerprint density at radius 3 is 2.75 bits per heavy atom. The largest absolute Gasteiger partial charge is 0.392 e. The third-order valence-corrected chi connectivity index (χ3v) is 3.46. The average molecular weight is 194 g/mol. The molecule has 0 aromatic heterocycles. The Bertz CT molecular complexity index is 239. The van der Waals surface area contributed by atoms with Crippen LogP contribution in [0.5, 0.6) is 0 Å². The fraction of sp³-hybridized carbons (Fsp3) is 1.00. The molecule has 0 bridgehead atoms. The monoisotopic (exact) mass is 194 g/mol. The first-order chi connectivity index (χ1) is 5.56. The first kappa shape index (κ1) is 9.91. The van der Waals surface area contributed by atoms with Crippen molar-refractivity contribution in [3.63, 3.8) is 0 Å². The normalized spacial score (nSPS) is 26.3. The summed E-state index contributed by atoms with van der Waals surface area (Å²) in [5.74, 6) is 0. The number of hydrogen-bond donors (Lipinski definition) is 2. The molecule has 6 heteroatoms. The van der Waals surface area contributed by atoms with Gasteiger partial charge < -0.3 is 5.11 Å². The molecule has 2 N–H and O–H groups in total. The van der Waals surface area contributed by atoms with Crippen LogP contribution in [0.4, 0.5) is 0 Å². The van der Waals surface area contributed by atoms with E-state index in [1.54, 1.807) is 6.92 Å². The molecule has 0 aliphatic carbocycles. The van der Waals surface area contributed by atoms with Crippen LogP contribution in [0.15, 0.2) is 0 Å². The maximum Gasteiger partial charge on any atom is 0.279 e. The lowest BCUT2D eigenvalue weighted by molar-refractivity contribution is 0.189. The molecule has 0 amide bonds. The van der Waals surface area contributed by atoms with Gasteiger partial charge in [-0.15, -0.1) is 0 Å². The molecule has 1 rings (SSSR count). The lowest BCUT2D eigenvalue weighted by Gasteiger charge is -2.14. The zero-order valence-corrected chi connectivity index (χ0v) is 7.84. The van der Waals surface area contributed by atoms with Crippen LogP contribution in [0.3, 0.4) is 0 Å². The van der Waals surface area contributed by atoms with Gasteiger partial charge in [-0.1, -0.05) is 6.92 Å². The standard InChI is InChI=1S/C6H14N2O3S/c1-2-7-12(10,11)8-4-3-6(9)5-8/h6-7,9H,2-5H2,1H3/t6-/m0/s1. The second kappa shape index (κ2) is 3.69. The smallest absolute Gasteiger partial charge is 0.279 e. The van der Waals surface area contributed by atoms with Crippen molar-refractivity contribution in [2.45, 2.75) is 19.4 Å². The minimum atomic E-state index is -3.32. The van der Waals surface area contributed by atoms with Gasteiger partial charge in [0.05, 0.1) is 6.10 Å². The van der Waals surface area contributed by atoms with E-state index < -0.39 is 16.3 Å². The summed E-state index contributed by atoms with van der Waals surface area (Å²) in [5, 5.41) is 9.10. The third kappa shape index (κ3) is 2.16. The molecule has 1 fully saturated rings. The summed E-state index contributed by atoms with van der Waals surface area (Å²) in [7, 11) is -3.32. The van der Waals surface area contributed by atoms with E-state index in [0.29, 0.717) is 19.5 Å². The van der Waals surface area contributed by atoms with Crippen molar-refractivity contribution in [3.8, 4) is 0 Å². The number of aliphatic hydroxyl groups is 1. The van der Waals surface area contributed by atoms with Crippen molar-refractivity contribution in [1.82, 2.24) is 9.03 Å². The molecule has 1 saturated heterocycles. The Balaban J connectivity index is 2.58. The number of hydrogen-bond acceptors (Lipinski definition) is 3. The molecule has 1 aliphatic heterocycles. The predicted octanol–water partition coefficient (Wildman–Crippen LogP) is -1.09. The van der Waals surface area contributed by atoms with Crippen molar-refractivity contribution in [3.05, 3.63) is 0 Å². The summed E-state index contributed by atoms with van der Waals surface area (Å²) in [4.78, 5) is 0. The van der Waals surface area contributed by atoms with Gasteiger partial charge in [-0.05, 0) is 6.42 Å². The maximum absolute atomic E-state index is 11.3. The highest BCUT2D eigenvalue weighted by Crippen LogP contribution is 2.11. The Morgan fingerprint density at radius 1 is 1.67 bits per heavy atom. The molecule has 0 aromatic carbocycles. The van der Waals surface area contributed by atoms with Gasteiger partial charge in [0.15, 0.2) is 0 Å². The molecule has 0 unspecified atom stereocenters. The van der Waals surface area contributed by atoms with E-state index in [1.807, 2.05) is 0 Å². The van der Waals surface area contributed by atoms with Crippen molar-refractivity contribution >= 4 is 10.2 Å². The Kier molecular flexibility index (Phi) is 3.05. The molecular weight excluding hydrogens is 180 g/mol. The number of aliphatic hydroxyl groups excluding tert-OH is 1. The summed E-state index contributed by atoms with van der Waals surface area (Å²) >= 11 is 0. The van der Waals surface area contributed by atoms with Gasteiger partial charge in [-0.3, -0.25) is 0 Å². The lowest BCUT2D eigenvalue weighted by Crippen LogP contribution is -2.39. The van der Waals surface area contributed by atoms with Crippen LogP contribution >= 0.6 is 0 Å². The number of nitrogens with one attached hydrogen (secondary N) is 1. The highest BCUT2D eigenvalue weighted by molar-refractivity contribution is 7.87. The van der Waals surface area contributed by atoms with E-state index in [2.05, 4.69) is 4.72 Å². The summed E-state index contributed by atoms with van der Waals surface area (Å²) < 4.78 is 26.2. The van der Waals surface area contributed by atoms with E-state index in [9.17, 15) is 8.42 Å². The molecule has 5 nitrogen and oxygen atoms in total. The van der Waals surface area contributed by atoms with Crippen molar-refractivity contribution in [2.24, 2.45) is 0 Å². The Hall–Kier alpha value is -0.170. The molecule has 0 saturated carbocycles. The molecule has 12 heavy (non-hydrogen) atoms. The van der Waals surface area contributed by atoms with Crippen LogP contribution in [-0.4, -0.2) is 43.6 Å². The fourth-order valence-electron chi connectivity index (χ4n) is 1.20. The highest BCUT2D eigenvalue weighted by Gasteiger charge is 2.29. The third-order valence-electron chi connectivity index (χ3n) is 1.79. The van der Waals surface area contributed by atoms with E-state index in [1.165, 1.54) is 4.31 Å². The topological polar surface area (TPSA) is 69.6 Å². The number of nitrogens with zero attached hydrogens (tertiary/aromatic N) is 1. The summed E-state index contributed by atoms with van der Waals surface area (Å²) in [6.45, 7) is 2.74. The zero-order chi connectivity index (χ0) is 9.19. The second-order valence-electron chi connectivity index (χ2n) is 2.80. The van der Waals surface area contributed by atoms with E-state index in [4.69, 9.17) is 5.11 Å². The van der Waals surface area contributed by atoms with Gasteiger partial charge in [-0.2, -0.15) is 12.7 Å². The van der Waals surface area contributed by atoms with Crippen LogP contribution in [0.2, 0.25) is 0 Å². The first-order valence-electron chi connectivity index (χ1n) is 3.99. The van der Waals surface area contributed by atoms with Crippen molar-refractivity contribution in [1.29, 1.82) is 0 Å². The molecule has 1 atom stereocenters. The minimum absolute atomic E-state index is 0.218. The van der Waals surface area contributed by atoms with Crippen LogP contribution < -0.4 is 4.72 Å². The second-order valence-corrected chi connectivity index (χ2v) is 4.56. The SMILES string of the molecule is CCNS(=O)(=O)N1CC[C@H](O)C1. The lowest BCUT2D eigenvalue weighted by atomic mass is 10.3. The minimum Gasteiger partial charge on any atom is -0.392 e. The average Bonchev–Trinajstić information content (AvgIpc) is 2.36. The van der Waals surface area contributed by atoms with Crippen LogP contribution in [-0.2, 0) is 10.2 Å². The predicted molar refractivity (Wildman–Crippen MR) is 44.8 cm³/mol. The zero-order valence-electron chi connectivity index (χ0n) is 7.02. The number of β-amino-alcohol motifs (C(OH)–C–C–N with tert-alkyl or cyclic N) is 1. The quantitative estimate of drug-likeness (QED) is 0.599. The maximum atomic E-state index is 11.3. The van der Waals surface area contributed by atoms with Crippen molar-refractivity contribution < 1.29 is 13.5 Å². The van der Waals surface area contributed by atoms with E-state index in [-0.39, 0.29) is 6.54 Å². The number of rotatable bonds is 3. The van der Waals surface area contributed by atoms with Crippen LogP contribution in [0, 0.1) is 0 Å². The molecular formula is C6H14N2O3S. The van der Waals surface area contributed by atoms with Crippen molar-refractivity contribution in [2.75, 3.05) is 19.6 Å². The Morgan fingerprint density at radius 2 is 2.33 bits per heavy atom. The van der Waals surface area contributed by atoms with Gasteiger partial charge in [0.25, 0.3) is 10.2 Å². The summed E-state index contributed by atoms with van der Waals surface area (Å²) in [6, 6.07) is 0. The first-order valence-corrected chi connectivity index (χ1v) is 5.43. The van der Waals surface area contributed by atoms with Crippen LogP contribution in [0.25, 0.3) is 0 Å². The molecule has 1 aliphatic rings. The van der Waals surface area contributed by atoms with E-state index >= 15 is 0 Å². The summed E-state index contributed by atoms with van der Waals surface area (Å²) in [5.41, 5.74) is 0. The van der Waals surface area contributed by atoms with E-state index in [0.717, 1.165) is 0 Å². The molecule has 72 valence electrons. The molecule has 0 spiro atoms. The highest BCUT2D eigenvalue weighted by atomic mass is 32.2. The van der Waals surface area contributed by atoms with Gasteiger partial charge in [-0.25, -0.2) is 4.72 Å². The van der Waals surface area contributed by atoms with Gasteiger partial charge >= 0.3 is 0 Å². The van der Waals surface area contributed by atoms with Crippen LogP contribution in [0.1, 0.15) is 13.3 Å². The van der Waals surface area contributed by atoms with Gasteiger partial charge in [0.1, 0.15) is 0 Å². The molecule has 0 radical (unpaired) electrons. The molecule has 1 heterocycles. The summed E-state index contributed by atoms with van der Waals surface area (Å²) in [6.07, 6.45) is 0.0309. The molecule has 0 aromatic rings. The van der Waals surface area contributed by atoms with Gasteiger partial charge in [0.2, 0.25) is 0 Å².